The lowest BCUT2D eigenvalue weighted by Gasteiger charge is -2.19. The van der Waals surface area contributed by atoms with Gasteiger partial charge in [-0.25, -0.2) is 4.90 Å². The number of nitrogens with zero attached hydrogens (tertiary/aromatic N) is 1. The maximum Gasteiger partial charge on any atom is 0.282 e. The number of benzene rings is 3. The molecule has 0 saturated carbocycles. The molecule has 0 fully saturated rings. The van der Waals surface area contributed by atoms with Gasteiger partial charge in [-0.15, -0.1) is 0 Å². The average molecular weight is 427 g/mol. The summed E-state index contributed by atoms with van der Waals surface area (Å²) in [5, 5.41) is 3.24. The summed E-state index contributed by atoms with van der Waals surface area (Å²) in [5.74, 6) is -0.323. The molecule has 0 aromatic heterocycles. The number of imide groups is 1. The Labute approximate surface area is 188 Å². The molecule has 0 radical (unpaired) electrons. The molecule has 1 aliphatic heterocycles. The predicted molar refractivity (Wildman–Crippen MR) is 128 cm³/mol. The van der Waals surface area contributed by atoms with Crippen LogP contribution >= 0.6 is 0 Å². The van der Waals surface area contributed by atoms with Crippen molar-refractivity contribution < 1.29 is 14.3 Å². The number of carbonyl (C=O) groups excluding carboxylic acids is 2. The van der Waals surface area contributed by atoms with E-state index in [4.69, 9.17) is 4.74 Å². The molecule has 3 aromatic rings. The summed E-state index contributed by atoms with van der Waals surface area (Å²) in [6, 6.07) is 19.0. The third-order valence-electron chi connectivity index (χ3n) is 5.49. The number of hydrogen-bond donors (Lipinski definition) is 1. The highest BCUT2D eigenvalue weighted by molar-refractivity contribution is 6.46. The lowest BCUT2D eigenvalue weighted by molar-refractivity contribution is -0.120. The van der Waals surface area contributed by atoms with Gasteiger partial charge in [0, 0.05) is 5.69 Å². The fourth-order valence-corrected chi connectivity index (χ4v) is 4.02. The Morgan fingerprint density at radius 3 is 1.97 bits per heavy atom. The van der Waals surface area contributed by atoms with Gasteiger partial charge in [0.2, 0.25) is 0 Å². The standard InChI is InChI=1S/C27H26N2O3/c1-16-6-9-20(10-7-16)24-25(28-21-13-18(3)12-19(4)14-21)27(31)29(26(24)30)22-15-17(2)8-11-23(22)32-5/h6-15,28H,1-5H3. The van der Waals surface area contributed by atoms with E-state index in [1.54, 1.807) is 12.1 Å². The van der Waals surface area contributed by atoms with Gasteiger partial charge in [0.15, 0.2) is 0 Å². The van der Waals surface area contributed by atoms with Crippen molar-refractivity contribution >= 4 is 28.8 Å². The summed E-state index contributed by atoms with van der Waals surface area (Å²) >= 11 is 0. The zero-order chi connectivity index (χ0) is 23.0. The van der Waals surface area contributed by atoms with E-state index in [1.807, 2.05) is 70.2 Å². The molecule has 0 bridgehead atoms. The van der Waals surface area contributed by atoms with Gasteiger partial charge in [0.05, 0.1) is 18.4 Å². The zero-order valence-electron chi connectivity index (χ0n) is 18.9. The highest BCUT2D eigenvalue weighted by Crippen LogP contribution is 2.38. The molecule has 0 saturated heterocycles. The number of rotatable bonds is 5. The molecule has 2 amide bonds. The largest absolute Gasteiger partial charge is 0.495 e. The molecule has 0 atom stereocenters. The van der Waals surface area contributed by atoms with Crippen LogP contribution < -0.4 is 15.0 Å². The van der Waals surface area contributed by atoms with Crippen molar-refractivity contribution in [1.29, 1.82) is 0 Å². The Hall–Kier alpha value is -3.86. The minimum atomic E-state index is -0.409. The smallest absolute Gasteiger partial charge is 0.282 e. The van der Waals surface area contributed by atoms with Crippen molar-refractivity contribution in [2.45, 2.75) is 27.7 Å². The highest BCUT2D eigenvalue weighted by atomic mass is 16.5. The summed E-state index contributed by atoms with van der Waals surface area (Å²) in [6.45, 7) is 7.90. The summed E-state index contributed by atoms with van der Waals surface area (Å²) in [4.78, 5) is 28.5. The second kappa shape index (κ2) is 8.35. The first-order chi connectivity index (χ1) is 15.3. The minimum Gasteiger partial charge on any atom is -0.495 e. The first-order valence-electron chi connectivity index (χ1n) is 10.5. The molecule has 0 unspecified atom stereocenters. The van der Waals surface area contributed by atoms with E-state index in [0.29, 0.717) is 22.6 Å². The van der Waals surface area contributed by atoms with Crippen molar-refractivity contribution in [1.82, 2.24) is 0 Å². The molecule has 1 N–H and O–H groups in total. The number of amides is 2. The number of hydrogen-bond acceptors (Lipinski definition) is 4. The predicted octanol–water partition coefficient (Wildman–Crippen LogP) is 5.33. The Bertz CT molecular complexity index is 1240. The molecule has 162 valence electrons. The second-order valence-corrected chi connectivity index (χ2v) is 8.24. The van der Waals surface area contributed by atoms with E-state index in [2.05, 4.69) is 11.4 Å². The number of ether oxygens (including phenoxy) is 1. The Morgan fingerprint density at radius 2 is 1.34 bits per heavy atom. The molecule has 5 heteroatoms. The van der Waals surface area contributed by atoms with Gasteiger partial charge in [-0.1, -0.05) is 42.0 Å². The number of carbonyl (C=O) groups is 2. The summed E-state index contributed by atoms with van der Waals surface area (Å²) in [5.41, 5.74) is 6.63. The van der Waals surface area contributed by atoms with Gasteiger partial charge in [-0.05, 0) is 74.2 Å². The van der Waals surface area contributed by atoms with Crippen molar-refractivity contribution in [2.75, 3.05) is 17.3 Å². The number of nitrogens with one attached hydrogen (secondary N) is 1. The van der Waals surface area contributed by atoms with Crippen LogP contribution in [0.5, 0.6) is 5.75 Å². The Morgan fingerprint density at radius 1 is 0.719 bits per heavy atom. The molecule has 1 heterocycles. The van der Waals surface area contributed by atoms with Crippen LogP contribution in [0.4, 0.5) is 11.4 Å². The zero-order valence-corrected chi connectivity index (χ0v) is 18.9. The molecular formula is C27H26N2O3. The molecule has 4 rings (SSSR count). The fraction of sp³-hybridized carbons (Fsp3) is 0.185. The third-order valence-corrected chi connectivity index (χ3v) is 5.49. The van der Waals surface area contributed by atoms with E-state index in [0.717, 1.165) is 27.9 Å². The lowest BCUT2D eigenvalue weighted by Crippen LogP contribution is -2.32. The van der Waals surface area contributed by atoms with Gasteiger partial charge in [-0.2, -0.15) is 0 Å². The van der Waals surface area contributed by atoms with E-state index >= 15 is 0 Å². The summed E-state index contributed by atoms with van der Waals surface area (Å²) in [7, 11) is 1.53. The van der Waals surface area contributed by atoms with Crippen LogP contribution in [0, 0.1) is 27.7 Å². The van der Waals surface area contributed by atoms with Crippen molar-refractivity contribution in [3.63, 3.8) is 0 Å². The van der Waals surface area contributed by atoms with Crippen LogP contribution in [0.25, 0.3) is 5.57 Å². The van der Waals surface area contributed by atoms with E-state index in [1.165, 1.54) is 12.0 Å². The maximum atomic E-state index is 13.7. The van der Waals surface area contributed by atoms with Gasteiger partial charge in [-0.3, -0.25) is 9.59 Å². The monoisotopic (exact) mass is 426 g/mol. The summed E-state index contributed by atoms with van der Waals surface area (Å²) in [6.07, 6.45) is 0. The molecule has 5 nitrogen and oxygen atoms in total. The fourth-order valence-electron chi connectivity index (χ4n) is 4.02. The molecule has 3 aromatic carbocycles. The lowest BCUT2D eigenvalue weighted by atomic mass is 10.0. The van der Waals surface area contributed by atoms with Crippen LogP contribution in [0.1, 0.15) is 27.8 Å². The Balaban J connectivity index is 1.87. The van der Waals surface area contributed by atoms with Gasteiger partial charge in [0.1, 0.15) is 11.4 Å². The van der Waals surface area contributed by atoms with E-state index in [9.17, 15) is 9.59 Å². The summed E-state index contributed by atoms with van der Waals surface area (Å²) < 4.78 is 5.47. The first kappa shape index (κ1) is 21.4. The van der Waals surface area contributed by atoms with Crippen LogP contribution in [0.15, 0.2) is 66.4 Å². The molecule has 0 spiro atoms. The maximum absolute atomic E-state index is 13.7. The second-order valence-electron chi connectivity index (χ2n) is 8.24. The topological polar surface area (TPSA) is 58.6 Å². The number of methoxy groups -OCH3 is 1. The SMILES string of the molecule is COc1ccc(C)cc1N1C(=O)C(Nc2cc(C)cc(C)c2)=C(c2ccc(C)cc2)C1=O. The first-order valence-corrected chi connectivity index (χ1v) is 10.5. The molecule has 1 aliphatic rings. The van der Waals surface area contributed by atoms with E-state index < -0.39 is 5.91 Å². The van der Waals surface area contributed by atoms with Crippen LogP contribution in [0.3, 0.4) is 0 Å². The van der Waals surface area contributed by atoms with Gasteiger partial charge >= 0.3 is 0 Å². The molecular weight excluding hydrogens is 400 g/mol. The van der Waals surface area contributed by atoms with Crippen LogP contribution in [-0.2, 0) is 9.59 Å². The van der Waals surface area contributed by atoms with Crippen molar-refractivity contribution in [3.05, 3.63) is 94.2 Å². The average Bonchev–Trinajstić information content (AvgIpc) is 2.97. The van der Waals surface area contributed by atoms with Crippen LogP contribution in [-0.4, -0.2) is 18.9 Å². The number of aryl methyl sites for hydroxylation is 4. The van der Waals surface area contributed by atoms with Gasteiger partial charge in [0.25, 0.3) is 11.8 Å². The van der Waals surface area contributed by atoms with Crippen molar-refractivity contribution in [2.24, 2.45) is 0 Å². The van der Waals surface area contributed by atoms with Crippen LogP contribution in [0.2, 0.25) is 0 Å². The molecule has 32 heavy (non-hydrogen) atoms. The molecule has 0 aliphatic carbocycles. The number of anilines is 2. The highest BCUT2D eigenvalue weighted by Gasteiger charge is 2.41. The minimum absolute atomic E-state index is 0.257. The third kappa shape index (κ3) is 3.89. The van der Waals surface area contributed by atoms with Crippen molar-refractivity contribution in [3.8, 4) is 5.75 Å². The van der Waals surface area contributed by atoms with Gasteiger partial charge < -0.3 is 10.1 Å². The van der Waals surface area contributed by atoms with E-state index in [-0.39, 0.29) is 11.6 Å². The quantitative estimate of drug-likeness (QED) is 0.561. The Kier molecular flexibility index (Phi) is 5.57. The normalized spacial score (nSPS) is 13.7.